The largest absolute Gasteiger partial charge is 0.398 e. The van der Waals surface area contributed by atoms with Crippen molar-refractivity contribution in [2.75, 3.05) is 5.73 Å². The third kappa shape index (κ3) is 3.27. The standard InChI is InChI=1S/C12H13ClN2O2S2/c1-8-10(14)3-2-4-11(8)19(16,17)15-7-9-5-6-12(13)18-9/h2-6,15H,7,14H2,1H3. The Balaban J connectivity index is 2.21. The van der Waals surface area contributed by atoms with Gasteiger partial charge in [0.05, 0.1) is 9.23 Å². The predicted molar refractivity (Wildman–Crippen MR) is 78.9 cm³/mol. The zero-order valence-corrected chi connectivity index (χ0v) is 12.6. The molecule has 0 amide bonds. The number of nitrogens with one attached hydrogen (secondary N) is 1. The Morgan fingerprint density at radius 3 is 2.68 bits per heavy atom. The molecule has 1 aromatic heterocycles. The molecule has 0 saturated carbocycles. The molecule has 0 unspecified atom stereocenters. The van der Waals surface area contributed by atoms with Crippen LogP contribution in [0.5, 0.6) is 0 Å². The first-order chi connectivity index (χ1) is 8.90. The molecule has 19 heavy (non-hydrogen) atoms. The quantitative estimate of drug-likeness (QED) is 0.852. The van der Waals surface area contributed by atoms with E-state index in [0.29, 0.717) is 15.6 Å². The maximum absolute atomic E-state index is 12.2. The second-order valence-corrected chi connectivity index (χ2v) is 7.54. The van der Waals surface area contributed by atoms with E-state index in [9.17, 15) is 8.42 Å². The van der Waals surface area contributed by atoms with Gasteiger partial charge in [0.2, 0.25) is 10.0 Å². The number of nitrogen functional groups attached to an aromatic ring is 1. The van der Waals surface area contributed by atoms with E-state index in [-0.39, 0.29) is 11.4 Å². The van der Waals surface area contributed by atoms with Crippen molar-refractivity contribution >= 4 is 38.6 Å². The molecule has 0 fully saturated rings. The van der Waals surface area contributed by atoms with Crippen LogP contribution in [0.2, 0.25) is 4.34 Å². The molecule has 4 nitrogen and oxygen atoms in total. The lowest BCUT2D eigenvalue weighted by molar-refractivity contribution is 0.581. The van der Waals surface area contributed by atoms with Gasteiger partial charge in [-0.25, -0.2) is 13.1 Å². The highest BCUT2D eigenvalue weighted by atomic mass is 35.5. The van der Waals surface area contributed by atoms with Crippen LogP contribution in [0.15, 0.2) is 35.2 Å². The van der Waals surface area contributed by atoms with E-state index in [4.69, 9.17) is 17.3 Å². The number of halogens is 1. The number of hydrogen-bond acceptors (Lipinski definition) is 4. The van der Waals surface area contributed by atoms with Crippen LogP contribution in [-0.4, -0.2) is 8.42 Å². The van der Waals surface area contributed by atoms with Crippen LogP contribution >= 0.6 is 22.9 Å². The summed E-state index contributed by atoms with van der Waals surface area (Å²) in [6.07, 6.45) is 0. The lowest BCUT2D eigenvalue weighted by Gasteiger charge is -2.10. The number of anilines is 1. The molecule has 3 N–H and O–H groups in total. The first-order valence-electron chi connectivity index (χ1n) is 5.49. The topological polar surface area (TPSA) is 72.2 Å². The summed E-state index contributed by atoms with van der Waals surface area (Å²) in [5.41, 5.74) is 6.74. The third-order valence-electron chi connectivity index (χ3n) is 2.68. The van der Waals surface area contributed by atoms with Gasteiger partial charge in [0.15, 0.2) is 0 Å². The first-order valence-corrected chi connectivity index (χ1v) is 8.17. The van der Waals surface area contributed by atoms with Gasteiger partial charge < -0.3 is 5.73 Å². The van der Waals surface area contributed by atoms with Gasteiger partial charge >= 0.3 is 0 Å². The molecule has 0 aliphatic carbocycles. The maximum Gasteiger partial charge on any atom is 0.241 e. The summed E-state index contributed by atoms with van der Waals surface area (Å²) in [5, 5.41) is 0. The van der Waals surface area contributed by atoms with Crippen LogP contribution in [-0.2, 0) is 16.6 Å². The Bertz CT molecular complexity index is 696. The summed E-state index contributed by atoms with van der Waals surface area (Å²) in [6, 6.07) is 8.37. The summed E-state index contributed by atoms with van der Waals surface area (Å²) in [6.45, 7) is 1.90. The van der Waals surface area contributed by atoms with Gasteiger partial charge in [0, 0.05) is 17.1 Å². The van der Waals surface area contributed by atoms with Gasteiger partial charge in [0.1, 0.15) is 0 Å². The van der Waals surface area contributed by atoms with E-state index in [1.807, 2.05) is 0 Å². The lowest BCUT2D eigenvalue weighted by Crippen LogP contribution is -2.23. The third-order valence-corrected chi connectivity index (χ3v) is 5.46. The predicted octanol–water partition coefficient (Wildman–Crippen LogP) is 2.77. The van der Waals surface area contributed by atoms with Crippen LogP contribution in [0.25, 0.3) is 0 Å². The van der Waals surface area contributed by atoms with Gasteiger partial charge in [-0.2, -0.15) is 0 Å². The smallest absolute Gasteiger partial charge is 0.241 e. The average Bonchev–Trinajstić information content (AvgIpc) is 2.76. The summed E-state index contributed by atoms with van der Waals surface area (Å²) in [5.74, 6) is 0. The van der Waals surface area contributed by atoms with Crippen LogP contribution in [0.3, 0.4) is 0 Å². The number of benzene rings is 1. The highest BCUT2D eigenvalue weighted by Gasteiger charge is 2.17. The minimum atomic E-state index is -3.57. The molecule has 0 atom stereocenters. The van der Waals surface area contributed by atoms with Crippen molar-refractivity contribution in [2.24, 2.45) is 0 Å². The van der Waals surface area contributed by atoms with Crippen LogP contribution in [0.1, 0.15) is 10.4 Å². The minimum Gasteiger partial charge on any atom is -0.398 e. The van der Waals surface area contributed by atoms with Crippen molar-refractivity contribution < 1.29 is 8.42 Å². The van der Waals surface area contributed by atoms with E-state index in [1.54, 1.807) is 31.2 Å². The van der Waals surface area contributed by atoms with E-state index in [1.165, 1.54) is 17.4 Å². The monoisotopic (exact) mass is 316 g/mol. The zero-order valence-electron chi connectivity index (χ0n) is 10.2. The van der Waals surface area contributed by atoms with Crippen molar-refractivity contribution in [1.82, 2.24) is 4.72 Å². The summed E-state index contributed by atoms with van der Waals surface area (Å²) in [7, 11) is -3.57. The second kappa shape index (κ2) is 5.50. The molecule has 1 aromatic carbocycles. The van der Waals surface area contributed by atoms with Crippen molar-refractivity contribution in [3.05, 3.63) is 45.1 Å². The average molecular weight is 317 g/mol. The fourth-order valence-corrected chi connectivity index (χ4v) is 4.01. The Labute approximate surface area is 121 Å². The second-order valence-electron chi connectivity index (χ2n) is 4.00. The van der Waals surface area contributed by atoms with Crippen molar-refractivity contribution in [1.29, 1.82) is 0 Å². The van der Waals surface area contributed by atoms with Gasteiger partial charge in [-0.1, -0.05) is 17.7 Å². The van der Waals surface area contributed by atoms with Gasteiger partial charge in [-0.15, -0.1) is 11.3 Å². The zero-order chi connectivity index (χ0) is 14.0. The lowest BCUT2D eigenvalue weighted by atomic mass is 10.2. The first kappa shape index (κ1) is 14.3. The molecule has 0 bridgehead atoms. The maximum atomic E-state index is 12.2. The van der Waals surface area contributed by atoms with Gasteiger partial charge in [-0.05, 0) is 36.8 Å². The number of nitrogens with two attached hydrogens (primary N) is 1. The molecule has 0 aliphatic heterocycles. The molecular formula is C12H13ClN2O2S2. The number of sulfonamides is 1. The Morgan fingerprint density at radius 2 is 2.05 bits per heavy atom. The van der Waals surface area contributed by atoms with Crippen molar-refractivity contribution in [2.45, 2.75) is 18.4 Å². The highest BCUT2D eigenvalue weighted by Crippen LogP contribution is 2.23. The number of thiophene rings is 1. The Hall–Kier alpha value is -1.08. The molecule has 102 valence electrons. The fourth-order valence-electron chi connectivity index (χ4n) is 1.61. The highest BCUT2D eigenvalue weighted by molar-refractivity contribution is 7.89. The molecule has 7 heteroatoms. The fraction of sp³-hybridized carbons (Fsp3) is 0.167. The summed E-state index contributed by atoms with van der Waals surface area (Å²) in [4.78, 5) is 1.06. The summed E-state index contributed by atoms with van der Waals surface area (Å²) < 4.78 is 27.6. The summed E-state index contributed by atoms with van der Waals surface area (Å²) >= 11 is 7.14. The normalized spacial score (nSPS) is 11.7. The van der Waals surface area contributed by atoms with Gasteiger partial charge in [0.25, 0.3) is 0 Å². The number of rotatable bonds is 4. The molecule has 2 rings (SSSR count). The molecule has 1 heterocycles. The molecule has 2 aromatic rings. The molecule has 0 spiro atoms. The minimum absolute atomic E-state index is 0.204. The van der Waals surface area contributed by atoms with E-state index >= 15 is 0 Å². The van der Waals surface area contributed by atoms with E-state index in [2.05, 4.69) is 4.72 Å². The molecule has 0 radical (unpaired) electrons. The van der Waals surface area contributed by atoms with E-state index < -0.39 is 10.0 Å². The van der Waals surface area contributed by atoms with Gasteiger partial charge in [-0.3, -0.25) is 0 Å². The van der Waals surface area contributed by atoms with Crippen LogP contribution in [0, 0.1) is 6.92 Å². The Kier molecular flexibility index (Phi) is 4.15. The van der Waals surface area contributed by atoms with Crippen molar-refractivity contribution in [3.8, 4) is 0 Å². The van der Waals surface area contributed by atoms with E-state index in [0.717, 1.165) is 4.88 Å². The number of hydrogen-bond donors (Lipinski definition) is 2. The van der Waals surface area contributed by atoms with Crippen molar-refractivity contribution in [3.63, 3.8) is 0 Å². The SMILES string of the molecule is Cc1c(N)cccc1S(=O)(=O)NCc1ccc(Cl)s1. The molecular weight excluding hydrogens is 304 g/mol. The molecule has 0 saturated heterocycles. The molecule has 0 aliphatic rings. The Morgan fingerprint density at radius 1 is 1.32 bits per heavy atom. The van der Waals surface area contributed by atoms with Crippen LogP contribution in [0.4, 0.5) is 5.69 Å². The van der Waals surface area contributed by atoms with Crippen LogP contribution < -0.4 is 10.5 Å².